The number of nitrogens with zero attached hydrogens (tertiary/aromatic N) is 2. The molecule has 1 aromatic heterocycles. The minimum absolute atomic E-state index is 0.243. The van der Waals surface area contributed by atoms with Gasteiger partial charge < -0.3 is 10.3 Å². The Hall–Kier alpha value is -1.06. The second kappa shape index (κ2) is 7.26. The second-order valence-electron chi connectivity index (χ2n) is 3.92. The van der Waals surface area contributed by atoms with Crippen LogP contribution in [0.15, 0.2) is 4.52 Å². The van der Waals surface area contributed by atoms with Crippen LogP contribution in [0.2, 0.25) is 0 Å². The van der Waals surface area contributed by atoms with Crippen molar-refractivity contribution in [2.24, 2.45) is 0 Å². The molecule has 0 bridgehead atoms. The fourth-order valence-corrected chi connectivity index (χ4v) is 1.60. The van der Waals surface area contributed by atoms with Gasteiger partial charge in [-0.25, -0.2) is 0 Å². The first-order valence-electron chi connectivity index (χ1n) is 5.91. The topological polar surface area (TPSA) is 64.9 Å². The van der Waals surface area contributed by atoms with E-state index in [9.17, 15) is 0 Å². The Kier molecular flexibility index (Phi) is 5.81. The maximum absolute atomic E-state index is 5.35. The summed E-state index contributed by atoms with van der Waals surface area (Å²) in [6, 6.07) is 0. The van der Waals surface area contributed by atoms with E-state index in [-0.39, 0.29) is 5.95 Å². The Balaban J connectivity index is 1.93. The van der Waals surface area contributed by atoms with Crippen molar-refractivity contribution in [1.29, 1.82) is 0 Å². The van der Waals surface area contributed by atoms with Crippen LogP contribution >= 0.6 is 0 Å². The van der Waals surface area contributed by atoms with Crippen molar-refractivity contribution in [3.05, 3.63) is 5.89 Å². The first-order valence-corrected chi connectivity index (χ1v) is 5.91. The van der Waals surface area contributed by atoms with Crippen LogP contribution in [0.5, 0.6) is 0 Å². The molecule has 0 fully saturated rings. The van der Waals surface area contributed by atoms with Crippen LogP contribution in [0.3, 0.4) is 0 Å². The van der Waals surface area contributed by atoms with Crippen LogP contribution in [0.25, 0.3) is 0 Å². The van der Waals surface area contributed by atoms with Crippen molar-refractivity contribution < 1.29 is 4.52 Å². The van der Waals surface area contributed by atoms with Gasteiger partial charge in [0.05, 0.1) is 0 Å². The number of unbranched alkanes of at least 4 members (excludes halogenated alkanes) is 6. The highest BCUT2D eigenvalue weighted by atomic mass is 16.5. The van der Waals surface area contributed by atoms with Gasteiger partial charge in [0.15, 0.2) is 0 Å². The summed E-state index contributed by atoms with van der Waals surface area (Å²) in [5, 5.41) is 3.55. The predicted molar refractivity (Wildman–Crippen MR) is 60.4 cm³/mol. The molecule has 0 saturated heterocycles. The van der Waals surface area contributed by atoms with Gasteiger partial charge in [-0.2, -0.15) is 4.98 Å². The average Bonchev–Trinajstić information content (AvgIpc) is 2.63. The smallest absolute Gasteiger partial charge is 0.260 e. The molecule has 1 rings (SSSR count). The Labute approximate surface area is 91.2 Å². The van der Waals surface area contributed by atoms with Gasteiger partial charge in [-0.15, -0.1) is 0 Å². The minimum atomic E-state index is 0.243. The van der Waals surface area contributed by atoms with Gasteiger partial charge in [0.2, 0.25) is 5.89 Å². The van der Waals surface area contributed by atoms with Crippen molar-refractivity contribution >= 4 is 5.95 Å². The van der Waals surface area contributed by atoms with Gasteiger partial charge in [0.25, 0.3) is 5.95 Å². The largest absolute Gasteiger partial charge is 0.365 e. The number of aryl methyl sites for hydroxylation is 1. The van der Waals surface area contributed by atoms with Gasteiger partial charge in [0.1, 0.15) is 0 Å². The number of nitrogens with two attached hydrogens (primary N) is 1. The standard InChI is InChI=1S/C11H21N3O/c1-2-3-4-5-6-7-8-9-10-13-11(12)14-15-10/h2-9H2,1H3,(H2,12,14). The highest BCUT2D eigenvalue weighted by molar-refractivity contribution is 5.10. The van der Waals surface area contributed by atoms with Crippen LogP contribution in [-0.2, 0) is 6.42 Å². The predicted octanol–water partition coefficient (Wildman–Crippen LogP) is 2.94. The Morgan fingerprint density at radius 2 is 1.73 bits per heavy atom. The molecule has 1 heterocycles. The van der Waals surface area contributed by atoms with Crippen LogP contribution < -0.4 is 5.73 Å². The second-order valence-corrected chi connectivity index (χ2v) is 3.92. The molecule has 0 saturated carbocycles. The molecule has 0 aliphatic rings. The Morgan fingerprint density at radius 3 is 2.33 bits per heavy atom. The molecule has 0 unspecified atom stereocenters. The summed E-state index contributed by atoms with van der Waals surface area (Å²) in [6.45, 7) is 2.24. The number of aromatic nitrogens is 2. The van der Waals surface area contributed by atoms with E-state index in [1.165, 1.54) is 38.5 Å². The zero-order valence-electron chi connectivity index (χ0n) is 9.54. The van der Waals surface area contributed by atoms with E-state index < -0.39 is 0 Å². The fourth-order valence-electron chi connectivity index (χ4n) is 1.60. The molecule has 0 amide bonds. The quantitative estimate of drug-likeness (QED) is 0.671. The van der Waals surface area contributed by atoms with E-state index in [4.69, 9.17) is 10.3 Å². The first-order chi connectivity index (χ1) is 7.33. The number of anilines is 1. The molecule has 1 aromatic rings. The summed E-state index contributed by atoms with van der Waals surface area (Å²) in [4.78, 5) is 3.96. The third kappa shape index (κ3) is 5.40. The molecule has 4 nitrogen and oxygen atoms in total. The zero-order valence-corrected chi connectivity index (χ0v) is 9.54. The number of hydrogen-bond donors (Lipinski definition) is 1. The van der Waals surface area contributed by atoms with E-state index in [0.29, 0.717) is 5.89 Å². The van der Waals surface area contributed by atoms with Crippen molar-refractivity contribution in [1.82, 2.24) is 10.1 Å². The number of hydrogen-bond acceptors (Lipinski definition) is 4. The van der Waals surface area contributed by atoms with Gasteiger partial charge in [-0.05, 0) is 11.6 Å². The van der Waals surface area contributed by atoms with E-state index >= 15 is 0 Å². The monoisotopic (exact) mass is 211 g/mol. The molecule has 0 atom stereocenters. The summed E-state index contributed by atoms with van der Waals surface area (Å²) in [5.74, 6) is 0.911. The highest BCUT2D eigenvalue weighted by Gasteiger charge is 2.01. The molecule has 4 heteroatoms. The maximum atomic E-state index is 5.35. The van der Waals surface area contributed by atoms with E-state index in [1.807, 2.05) is 0 Å². The van der Waals surface area contributed by atoms with Crippen molar-refractivity contribution in [3.8, 4) is 0 Å². The van der Waals surface area contributed by atoms with Crippen LogP contribution in [0.4, 0.5) is 5.95 Å². The van der Waals surface area contributed by atoms with E-state index in [1.54, 1.807) is 0 Å². The number of nitrogen functional groups attached to an aromatic ring is 1. The van der Waals surface area contributed by atoms with E-state index in [2.05, 4.69) is 17.1 Å². The molecule has 0 spiro atoms. The first kappa shape index (κ1) is 12.0. The van der Waals surface area contributed by atoms with Crippen LogP contribution in [-0.4, -0.2) is 10.1 Å². The molecule has 0 aromatic carbocycles. The highest BCUT2D eigenvalue weighted by Crippen LogP contribution is 2.09. The van der Waals surface area contributed by atoms with Gasteiger partial charge in [-0.1, -0.05) is 45.4 Å². The minimum Gasteiger partial charge on any atom is -0.365 e. The summed E-state index contributed by atoms with van der Waals surface area (Å²) < 4.78 is 4.92. The van der Waals surface area contributed by atoms with Crippen molar-refractivity contribution in [2.45, 2.75) is 58.3 Å². The SMILES string of the molecule is CCCCCCCCCc1nc(N)no1. The maximum Gasteiger partial charge on any atom is 0.260 e. The summed E-state index contributed by atoms with van der Waals surface area (Å²) in [7, 11) is 0. The molecule has 0 aliphatic carbocycles. The number of rotatable bonds is 8. The van der Waals surface area contributed by atoms with Gasteiger partial charge in [-0.3, -0.25) is 0 Å². The van der Waals surface area contributed by atoms with E-state index in [0.717, 1.165) is 12.8 Å². The molecule has 0 aliphatic heterocycles. The lowest BCUT2D eigenvalue weighted by Gasteiger charge is -1.98. The van der Waals surface area contributed by atoms with Crippen LogP contribution in [0, 0.1) is 0 Å². The fraction of sp³-hybridized carbons (Fsp3) is 0.818. The summed E-state index contributed by atoms with van der Waals surface area (Å²) >= 11 is 0. The molecular formula is C11H21N3O. The summed E-state index contributed by atoms with van der Waals surface area (Å²) in [6.07, 6.45) is 9.91. The van der Waals surface area contributed by atoms with Crippen molar-refractivity contribution in [2.75, 3.05) is 5.73 Å². The van der Waals surface area contributed by atoms with Gasteiger partial charge >= 0.3 is 0 Å². The lowest BCUT2D eigenvalue weighted by atomic mass is 10.1. The summed E-state index contributed by atoms with van der Waals surface area (Å²) in [5.41, 5.74) is 5.35. The van der Waals surface area contributed by atoms with Crippen molar-refractivity contribution in [3.63, 3.8) is 0 Å². The zero-order chi connectivity index (χ0) is 10.9. The molecule has 0 radical (unpaired) electrons. The Morgan fingerprint density at radius 1 is 1.07 bits per heavy atom. The third-order valence-corrected chi connectivity index (χ3v) is 2.48. The molecule has 2 N–H and O–H groups in total. The average molecular weight is 211 g/mol. The Bertz CT molecular complexity index is 260. The normalized spacial score (nSPS) is 10.7. The lowest BCUT2D eigenvalue weighted by molar-refractivity contribution is 0.374. The van der Waals surface area contributed by atoms with Gasteiger partial charge in [0, 0.05) is 6.42 Å². The molecule has 86 valence electrons. The molecule has 15 heavy (non-hydrogen) atoms. The third-order valence-electron chi connectivity index (χ3n) is 2.48. The van der Waals surface area contributed by atoms with Crippen LogP contribution in [0.1, 0.15) is 57.8 Å². The molecular weight excluding hydrogens is 190 g/mol. The lowest BCUT2D eigenvalue weighted by Crippen LogP contribution is -1.89.